The summed E-state index contributed by atoms with van der Waals surface area (Å²) in [5, 5.41) is 6.85. The molecular weight excluding hydrogens is 304 g/mol. The fourth-order valence-electron chi connectivity index (χ4n) is 3.31. The Morgan fingerprint density at radius 3 is 2.91 bits per heavy atom. The number of fused-ring (bicyclic) bond motifs is 1. The van der Waals surface area contributed by atoms with E-state index in [1.165, 1.54) is 5.56 Å². The van der Waals surface area contributed by atoms with E-state index in [0.29, 0.717) is 12.0 Å². The summed E-state index contributed by atoms with van der Waals surface area (Å²) in [7, 11) is 0. The Labute approximate surface area is 140 Å². The van der Waals surface area contributed by atoms with Gasteiger partial charge >= 0.3 is 0 Å². The van der Waals surface area contributed by atoms with Gasteiger partial charge in [0, 0.05) is 25.7 Å². The van der Waals surface area contributed by atoms with Gasteiger partial charge in [0.15, 0.2) is 0 Å². The Hall–Kier alpha value is -1.98. The van der Waals surface area contributed by atoms with E-state index in [-0.39, 0.29) is 0 Å². The summed E-state index contributed by atoms with van der Waals surface area (Å²) in [5.41, 5.74) is 1.38. The van der Waals surface area contributed by atoms with Crippen LogP contribution < -0.4 is 5.32 Å². The van der Waals surface area contributed by atoms with E-state index in [9.17, 15) is 0 Å². The molecule has 1 N–H and O–H groups in total. The average molecular weight is 324 g/mol. The van der Waals surface area contributed by atoms with Gasteiger partial charge in [-0.1, -0.05) is 37.3 Å². The van der Waals surface area contributed by atoms with Crippen LogP contribution in [0, 0.1) is 5.92 Å². The van der Waals surface area contributed by atoms with Gasteiger partial charge in [-0.2, -0.15) is 0 Å². The number of nitrogens with one attached hydrogen (secondary N) is 1. The van der Waals surface area contributed by atoms with Gasteiger partial charge in [-0.05, 0) is 22.9 Å². The van der Waals surface area contributed by atoms with Gasteiger partial charge in [-0.15, -0.1) is 11.3 Å². The minimum Gasteiger partial charge on any atom is -0.365 e. The summed E-state index contributed by atoms with van der Waals surface area (Å²) in [6.45, 7) is 5.49. The van der Waals surface area contributed by atoms with Crippen molar-refractivity contribution in [1.82, 2.24) is 14.9 Å². The quantitative estimate of drug-likeness (QED) is 0.796. The smallest absolute Gasteiger partial charge is 0.138 e. The van der Waals surface area contributed by atoms with Crippen LogP contribution in [-0.4, -0.2) is 34.0 Å². The lowest BCUT2D eigenvalue weighted by Crippen LogP contribution is -2.28. The van der Waals surface area contributed by atoms with E-state index in [1.54, 1.807) is 17.7 Å². The summed E-state index contributed by atoms with van der Waals surface area (Å²) >= 11 is 1.66. The summed E-state index contributed by atoms with van der Waals surface area (Å²) in [6, 6.07) is 13.2. The minimum atomic E-state index is 0.428. The van der Waals surface area contributed by atoms with Gasteiger partial charge < -0.3 is 5.32 Å². The molecule has 1 aromatic carbocycles. The maximum absolute atomic E-state index is 4.45. The van der Waals surface area contributed by atoms with Crippen molar-refractivity contribution in [2.45, 2.75) is 19.5 Å². The molecular formula is C18H20N4S. The number of benzene rings is 1. The standard InChI is InChI=1S/C18H20N4S/c1-13-9-22(10-14-5-3-2-4-6-14)11-16(13)21-17-15-7-8-23-18(15)20-12-19-17/h2-8,12-13,16H,9-11H2,1H3,(H,19,20,21). The van der Waals surface area contributed by atoms with Gasteiger partial charge in [-0.3, -0.25) is 4.90 Å². The third-order valence-electron chi connectivity index (χ3n) is 4.52. The van der Waals surface area contributed by atoms with E-state index in [0.717, 1.165) is 35.7 Å². The lowest BCUT2D eigenvalue weighted by Gasteiger charge is -2.18. The maximum Gasteiger partial charge on any atom is 0.138 e. The van der Waals surface area contributed by atoms with E-state index in [4.69, 9.17) is 0 Å². The molecule has 2 unspecified atom stereocenters. The lowest BCUT2D eigenvalue weighted by molar-refractivity contribution is 0.319. The van der Waals surface area contributed by atoms with Crippen LogP contribution in [0.25, 0.3) is 10.2 Å². The minimum absolute atomic E-state index is 0.428. The SMILES string of the molecule is CC1CN(Cc2ccccc2)CC1Nc1ncnc2sccc12. The molecule has 23 heavy (non-hydrogen) atoms. The highest BCUT2D eigenvalue weighted by Crippen LogP contribution is 2.27. The van der Waals surface area contributed by atoms with Crippen molar-refractivity contribution in [3.63, 3.8) is 0 Å². The zero-order chi connectivity index (χ0) is 15.6. The molecule has 1 aliphatic rings. The van der Waals surface area contributed by atoms with E-state index >= 15 is 0 Å². The van der Waals surface area contributed by atoms with Crippen molar-refractivity contribution < 1.29 is 0 Å². The first-order valence-electron chi connectivity index (χ1n) is 8.00. The van der Waals surface area contributed by atoms with E-state index in [1.807, 2.05) is 0 Å². The summed E-state index contributed by atoms with van der Waals surface area (Å²) in [5.74, 6) is 1.57. The number of rotatable bonds is 4. The van der Waals surface area contributed by atoms with E-state index < -0.39 is 0 Å². The fourth-order valence-corrected chi connectivity index (χ4v) is 4.04. The molecule has 3 aromatic rings. The number of hydrogen-bond donors (Lipinski definition) is 1. The molecule has 4 nitrogen and oxygen atoms in total. The zero-order valence-corrected chi connectivity index (χ0v) is 14.0. The first kappa shape index (κ1) is 14.6. The van der Waals surface area contributed by atoms with Crippen LogP contribution in [0.3, 0.4) is 0 Å². The molecule has 5 heteroatoms. The number of anilines is 1. The number of hydrogen-bond acceptors (Lipinski definition) is 5. The number of nitrogens with zero attached hydrogens (tertiary/aromatic N) is 3. The third kappa shape index (κ3) is 3.07. The second-order valence-corrected chi connectivity index (χ2v) is 7.16. The van der Waals surface area contributed by atoms with Gasteiger partial charge in [0.2, 0.25) is 0 Å². The Balaban J connectivity index is 1.47. The van der Waals surface area contributed by atoms with Crippen LogP contribution in [0.5, 0.6) is 0 Å². The topological polar surface area (TPSA) is 41.0 Å². The van der Waals surface area contributed by atoms with Gasteiger partial charge in [0.05, 0.1) is 5.39 Å². The lowest BCUT2D eigenvalue weighted by atomic mass is 10.1. The molecule has 118 valence electrons. The molecule has 2 atom stereocenters. The van der Waals surface area contributed by atoms with Gasteiger partial charge in [-0.25, -0.2) is 9.97 Å². The third-order valence-corrected chi connectivity index (χ3v) is 5.34. The molecule has 2 aromatic heterocycles. The predicted molar refractivity (Wildman–Crippen MR) is 95.7 cm³/mol. The summed E-state index contributed by atoms with van der Waals surface area (Å²) < 4.78 is 0. The fraction of sp³-hybridized carbons (Fsp3) is 0.333. The number of aromatic nitrogens is 2. The molecule has 1 aliphatic heterocycles. The van der Waals surface area contributed by atoms with Crippen LogP contribution in [0.15, 0.2) is 48.1 Å². The van der Waals surface area contributed by atoms with E-state index in [2.05, 4.69) is 68.9 Å². The molecule has 0 amide bonds. The van der Waals surface area contributed by atoms with Crippen LogP contribution in [0.4, 0.5) is 5.82 Å². The predicted octanol–water partition coefficient (Wildman–Crippen LogP) is 3.62. The molecule has 0 bridgehead atoms. The van der Waals surface area contributed by atoms with Gasteiger partial charge in [0.25, 0.3) is 0 Å². The molecule has 1 saturated heterocycles. The number of thiophene rings is 1. The molecule has 0 aliphatic carbocycles. The first-order chi connectivity index (χ1) is 11.3. The van der Waals surface area contributed by atoms with Crippen LogP contribution in [0.2, 0.25) is 0 Å². The van der Waals surface area contributed by atoms with Crippen LogP contribution in [0.1, 0.15) is 12.5 Å². The highest BCUT2D eigenvalue weighted by atomic mass is 32.1. The largest absolute Gasteiger partial charge is 0.365 e. The molecule has 0 radical (unpaired) electrons. The van der Waals surface area contributed by atoms with Crippen LogP contribution in [-0.2, 0) is 6.54 Å². The molecule has 4 rings (SSSR count). The molecule has 3 heterocycles. The Kier molecular flexibility index (Phi) is 3.97. The number of likely N-dealkylation sites (tertiary alicyclic amines) is 1. The normalized spacial score (nSPS) is 21.8. The molecule has 0 saturated carbocycles. The Morgan fingerprint density at radius 2 is 2.04 bits per heavy atom. The Morgan fingerprint density at radius 1 is 1.17 bits per heavy atom. The highest BCUT2D eigenvalue weighted by Gasteiger charge is 2.30. The molecule has 0 spiro atoms. The highest BCUT2D eigenvalue weighted by molar-refractivity contribution is 7.16. The summed E-state index contributed by atoms with van der Waals surface area (Å²) in [4.78, 5) is 12.3. The monoisotopic (exact) mass is 324 g/mol. The average Bonchev–Trinajstić information content (AvgIpc) is 3.16. The van der Waals surface area contributed by atoms with Crippen LogP contribution >= 0.6 is 11.3 Å². The zero-order valence-electron chi connectivity index (χ0n) is 13.1. The maximum atomic E-state index is 4.45. The van der Waals surface area contributed by atoms with Crippen molar-refractivity contribution >= 4 is 27.4 Å². The summed E-state index contributed by atoms with van der Waals surface area (Å²) in [6.07, 6.45) is 1.66. The first-order valence-corrected chi connectivity index (χ1v) is 8.88. The van der Waals surface area contributed by atoms with Crippen molar-refractivity contribution in [3.8, 4) is 0 Å². The van der Waals surface area contributed by atoms with Crippen molar-refractivity contribution in [1.29, 1.82) is 0 Å². The van der Waals surface area contributed by atoms with Gasteiger partial charge in [0.1, 0.15) is 17.0 Å². The second kappa shape index (κ2) is 6.26. The second-order valence-electron chi connectivity index (χ2n) is 6.27. The molecule has 1 fully saturated rings. The van der Waals surface area contributed by atoms with Crippen molar-refractivity contribution in [2.24, 2.45) is 5.92 Å². The van der Waals surface area contributed by atoms with Crippen molar-refractivity contribution in [3.05, 3.63) is 53.7 Å². The Bertz CT molecular complexity index is 786. The van der Waals surface area contributed by atoms with Crippen molar-refractivity contribution in [2.75, 3.05) is 18.4 Å².